The molecule has 0 saturated carbocycles. The molecular formula is C22H36FN5O2. The molecule has 168 valence electrons. The Bertz CT molecular complexity index is 675. The van der Waals surface area contributed by atoms with Crippen LogP contribution in [0.15, 0.2) is 29.3 Å². The van der Waals surface area contributed by atoms with Crippen LogP contribution in [0.2, 0.25) is 0 Å². The Morgan fingerprint density at radius 3 is 2.47 bits per heavy atom. The van der Waals surface area contributed by atoms with Gasteiger partial charge in [0, 0.05) is 32.2 Å². The molecule has 0 radical (unpaired) electrons. The van der Waals surface area contributed by atoms with Crippen LogP contribution >= 0.6 is 0 Å². The molecule has 2 atom stereocenters. The van der Waals surface area contributed by atoms with Gasteiger partial charge >= 0.3 is 0 Å². The van der Waals surface area contributed by atoms with Crippen LogP contribution in [0.25, 0.3) is 0 Å². The number of carbonyl (C=O) groups excluding carboxylic acids is 1. The third-order valence-corrected chi connectivity index (χ3v) is 5.38. The number of hydrogen-bond acceptors (Lipinski definition) is 4. The molecule has 1 heterocycles. The normalized spacial score (nSPS) is 17.6. The predicted octanol–water partition coefficient (Wildman–Crippen LogP) is 1.38. The molecular weight excluding hydrogens is 385 g/mol. The number of morpholine rings is 1. The van der Waals surface area contributed by atoms with Crippen LogP contribution in [0.1, 0.15) is 26.3 Å². The number of aliphatic imine (C=N–C) groups is 1. The van der Waals surface area contributed by atoms with E-state index in [-0.39, 0.29) is 5.82 Å². The van der Waals surface area contributed by atoms with Crippen LogP contribution in [0, 0.1) is 17.7 Å². The largest absolute Gasteiger partial charge is 0.379 e. The summed E-state index contributed by atoms with van der Waals surface area (Å²) in [6.07, 6.45) is 0.449. The van der Waals surface area contributed by atoms with Crippen molar-refractivity contribution < 1.29 is 13.9 Å². The second-order valence-electron chi connectivity index (χ2n) is 7.99. The van der Waals surface area contributed by atoms with Gasteiger partial charge in [0.25, 0.3) is 0 Å². The van der Waals surface area contributed by atoms with Gasteiger partial charge in [0.1, 0.15) is 5.82 Å². The van der Waals surface area contributed by atoms with Crippen molar-refractivity contribution >= 4 is 11.9 Å². The summed E-state index contributed by atoms with van der Waals surface area (Å²) in [5.74, 6) is 0.0258. The maximum Gasteiger partial charge on any atom is 0.222 e. The molecule has 1 fully saturated rings. The number of benzene rings is 1. The van der Waals surface area contributed by atoms with Gasteiger partial charge in [-0.2, -0.15) is 0 Å². The Morgan fingerprint density at radius 1 is 1.23 bits per heavy atom. The Labute approximate surface area is 179 Å². The summed E-state index contributed by atoms with van der Waals surface area (Å²) in [7, 11) is 0. The minimum Gasteiger partial charge on any atom is -0.379 e. The van der Waals surface area contributed by atoms with Crippen LogP contribution < -0.4 is 16.4 Å². The molecule has 30 heavy (non-hydrogen) atoms. The highest BCUT2D eigenvalue weighted by Gasteiger charge is 2.24. The van der Waals surface area contributed by atoms with Crippen molar-refractivity contribution in [1.29, 1.82) is 0 Å². The Kier molecular flexibility index (Phi) is 10.0. The van der Waals surface area contributed by atoms with Gasteiger partial charge < -0.3 is 21.1 Å². The highest BCUT2D eigenvalue weighted by Crippen LogP contribution is 2.14. The van der Waals surface area contributed by atoms with Crippen molar-refractivity contribution in [2.75, 3.05) is 45.9 Å². The SMILES string of the molecule is CCNC(=NCC(C(C)C)N1CCOCC1)NCC(Cc1ccc(F)cc1)C(N)=O. The van der Waals surface area contributed by atoms with Crippen molar-refractivity contribution in [3.63, 3.8) is 0 Å². The van der Waals surface area contributed by atoms with E-state index in [2.05, 4.69) is 29.4 Å². The minimum atomic E-state index is -0.417. The molecule has 2 unspecified atom stereocenters. The van der Waals surface area contributed by atoms with Gasteiger partial charge in [-0.05, 0) is 37.0 Å². The molecule has 1 amide bonds. The smallest absolute Gasteiger partial charge is 0.222 e. The number of hydrogen-bond donors (Lipinski definition) is 3. The van der Waals surface area contributed by atoms with Crippen LogP contribution in [-0.4, -0.2) is 68.7 Å². The summed E-state index contributed by atoms with van der Waals surface area (Å²) in [4.78, 5) is 19.1. The molecule has 1 saturated heterocycles. The summed E-state index contributed by atoms with van der Waals surface area (Å²) in [6.45, 7) is 11.5. The van der Waals surface area contributed by atoms with Crippen LogP contribution in [0.4, 0.5) is 4.39 Å². The van der Waals surface area contributed by atoms with Gasteiger partial charge in [0.2, 0.25) is 5.91 Å². The third kappa shape index (κ3) is 7.91. The molecule has 1 aliphatic heterocycles. The number of rotatable bonds is 10. The zero-order chi connectivity index (χ0) is 21.9. The average molecular weight is 422 g/mol. The maximum absolute atomic E-state index is 13.1. The van der Waals surface area contributed by atoms with E-state index in [0.717, 1.165) is 38.4 Å². The predicted molar refractivity (Wildman–Crippen MR) is 118 cm³/mol. The molecule has 7 nitrogen and oxygen atoms in total. The van der Waals surface area contributed by atoms with E-state index in [4.69, 9.17) is 15.5 Å². The first-order valence-corrected chi connectivity index (χ1v) is 10.8. The number of ether oxygens (including phenoxy) is 1. The lowest BCUT2D eigenvalue weighted by Gasteiger charge is -2.36. The molecule has 1 aliphatic rings. The van der Waals surface area contributed by atoms with Crippen LogP contribution in [0.3, 0.4) is 0 Å². The molecule has 1 aromatic carbocycles. The van der Waals surface area contributed by atoms with E-state index < -0.39 is 11.8 Å². The Balaban J connectivity index is 1.98. The topological polar surface area (TPSA) is 92.0 Å². The van der Waals surface area contributed by atoms with Gasteiger partial charge in [0.05, 0.1) is 25.7 Å². The van der Waals surface area contributed by atoms with Crippen molar-refractivity contribution in [2.24, 2.45) is 22.6 Å². The quantitative estimate of drug-likeness (QED) is 0.392. The number of amides is 1. The van der Waals surface area contributed by atoms with Gasteiger partial charge in [-0.1, -0.05) is 26.0 Å². The molecule has 0 spiro atoms. The van der Waals surface area contributed by atoms with E-state index >= 15 is 0 Å². The lowest BCUT2D eigenvalue weighted by molar-refractivity contribution is -0.121. The number of nitrogens with one attached hydrogen (secondary N) is 2. The fourth-order valence-corrected chi connectivity index (χ4v) is 3.58. The number of carbonyl (C=O) groups is 1. The van der Waals surface area contributed by atoms with Crippen molar-refractivity contribution in [3.05, 3.63) is 35.6 Å². The van der Waals surface area contributed by atoms with Gasteiger partial charge in [-0.3, -0.25) is 14.7 Å². The molecule has 2 rings (SSSR count). The standard InChI is InChI=1S/C22H36FN5O2/c1-4-25-22(27-15-20(16(2)3)28-9-11-30-12-10-28)26-14-18(21(24)29)13-17-5-7-19(23)8-6-17/h5-8,16,18,20H,4,9-15H2,1-3H3,(H2,24,29)(H2,25,26,27). The first kappa shape index (κ1) is 24.1. The highest BCUT2D eigenvalue weighted by atomic mass is 19.1. The van der Waals surface area contributed by atoms with Gasteiger partial charge in [-0.25, -0.2) is 4.39 Å². The summed E-state index contributed by atoms with van der Waals surface area (Å²) in [6, 6.07) is 6.48. The highest BCUT2D eigenvalue weighted by molar-refractivity contribution is 5.81. The lowest BCUT2D eigenvalue weighted by Crippen LogP contribution is -2.48. The molecule has 4 N–H and O–H groups in total. The number of halogens is 1. The van der Waals surface area contributed by atoms with Gasteiger partial charge in [-0.15, -0.1) is 0 Å². The van der Waals surface area contributed by atoms with E-state index in [1.807, 2.05) is 6.92 Å². The van der Waals surface area contributed by atoms with Crippen molar-refractivity contribution in [1.82, 2.24) is 15.5 Å². The first-order chi connectivity index (χ1) is 14.4. The Hall–Kier alpha value is -2.19. The summed E-state index contributed by atoms with van der Waals surface area (Å²) in [5.41, 5.74) is 6.47. The lowest BCUT2D eigenvalue weighted by atomic mass is 9.98. The monoisotopic (exact) mass is 421 g/mol. The zero-order valence-corrected chi connectivity index (χ0v) is 18.4. The Morgan fingerprint density at radius 2 is 1.90 bits per heavy atom. The third-order valence-electron chi connectivity index (χ3n) is 5.38. The molecule has 8 heteroatoms. The van der Waals surface area contributed by atoms with Gasteiger partial charge in [0.15, 0.2) is 5.96 Å². The van der Waals surface area contributed by atoms with Crippen molar-refractivity contribution in [2.45, 2.75) is 33.2 Å². The average Bonchev–Trinajstić information content (AvgIpc) is 2.72. The van der Waals surface area contributed by atoms with Crippen molar-refractivity contribution in [3.8, 4) is 0 Å². The van der Waals surface area contributed by atoms with E-state index in [0.29, 0.717) is 37.4 Å². The first-order valence-electron chi connectivity index (χ1n) is 10.8. The van der Waals surface area contributed by atoms with Crippen LogP contribution in [0.5, 0.6) is 0 Å². The van der Waals surface area contributed by atoms with E-state index in [1.165, 1.54) is 12.1 Å². The van der Waals surface area contributed by atoms with E-state index in [9.17, 15) is 9.18 Å². The zero-order valence-electron chi connectivity index (χ0n) is 18.4. The van der Waals surface area contributed by atoms with Crippen LogP contribution in [-0.2, 0) is 16.0 Å². The number of nitrogens with two attached hydrogens (primary N) is 1. The van der Waals surface area contributed by atoms with E-state index in [1.54, 1.807) is 12.1 Å². The molecule has 0 bridgehead atoms. The second kappa shape index (κ2) is 12.5. The molecule has 0 aliphatic carbocycles. The minimum absolute atomic E-state index is 0.297. The number of guanidine groups is 1. The number of nitrogens with zero attached hydrogens (tertiary/aromatic N) is 2. The summed E-state index contributed by atoms with van der Waals surface area (Å²) < 4.78 is 18.6. The maximum atomic E-state index is 13.1. The fourth-order valence-electron chi connectivity index (χ4n) is 3.58. The summed E-state index contributed by atoms with van der Waals surface area (Å²) in [5, 5.41) is 6.49. The second-order valence-corrected chi connectivity index (χ2v) is 7.99. The summed E-state index contributed by atoms with van der Waals surface area (Å²) >= 11 is 0. The number of primary amides is 1. The molecule has 0 aromatic heterocycles. The molecule has 1 aromatic rings. The fraction of sp³-hybridized carbons (Fsp3) is 0.636.